The molecule has 0 spiro atoms. The number of ether oxygens (including phenoxy) is 3. The highest BCUT2D eigenvalue weighted by molar-refractivity contribution is 5.89. The molecule has 4 atom stereocenters. The van der Waals surface area contributed by atoms with Crippen molar-refractivity contribution in [1.82, 2.24) is 0 Å². The van der Waals surface area contributed by atoms with Crippen molar-refractivity contribution in [3.63, 3.8) is 0 Å². The molecule has 2 aromatic rings. The van der Waals surface area contributed by atoms with Crippen LogP contribution in [0.3, 0.4) is 0 Å². The first-order valence-electron chi connectivity index (χ1n) is 8.34. The lowest BCUT2D eigenvalue weighted by Crippen LogP contribution is -2.47. The van der Waals surface area contributed by atoms with Crippen molar-refractivity contribution in [2.45, 2.75) is 44.6 Å². The highest BCUT2D eigenvalue weighted by Crippen LogP contribution is 2.27. The third kappa shape index (κ3) is 4.65. The summed E-state index contributed by atoms with van der Waals surface area (Å²) in [6.07, 6.45) is -3.14. The normalized spacial score (nSPS) is 26.2. The summed E-state index contributed by atoms with van der Waals surface area (Å²) in [5.41, 5.74) is 1.41. The molecule has 0 aliphatic carbocycles. The first kappa shape index (κ1) is 17.6. The first-order chi connectivity index (χ1) is 12.1. The average molecular weight is 344 g/mol. The van der Waals surface area contributed by atoms with E-state index in [0.717, 1.165) is 5.56 Å². The minimum Gasteiger partial charge on any atom is -0.456 e. The number of benzene rings is 2. The highest BCUT2D eigenvalue weighted by atomic mass is 19.1. The van der Waals surface area contributed by atoms with Gasteiger partial charge in [0, 0.05) is 6.42 Å². The van der Waals surface area contributed by atoms with Gasteiger partial charge in [-0.1, -0.05) is 48.5 Å². The van der Waals surface area contributed by atoms with Crippen LogP contribution in [-0.4, -0.2) is 30.6 Å². The van der Waals surface area contributed by atoms with Gasteiger partial charge in [-0.2, -0.15) is 0 Å². The van der Waals surface area contributed by atoms with Crippen molar-refractivity contribution < 1.29 is 23.4 Å². The predicted octanol–water partition coefficient (Wildman–Crippen LogP) is 3.90. The lowest BCUT2D eigenvalue weighted by Gasteiger charge is -2.36. The van der Waals surface area contributed by atoms with Gasteiger partial charge in [0.25, 0.3) is 0 Å². The Morgan fingerprint density at radius 3 is 2.40 bits per heavy atom. The van der Waals surface area contributed by atoms with E-state index in [9.17, 15) is 9.18 Å². The van der Waals surface area contributed by atoms with Gasteiger partial charge in [0.2, 0.25) is 6.36 Å². The van der Waals surface area contributed by atoms with E-state index in [0.29, 0.717) is 5.56 Å². The number of carbonyl (C=O) groups excluding carboxylic acids is 1. The molecule has 0 bridgehead atoms. The van der Waals surface area contributed by atoms with E-state index in [4.69, 9.17) is 14.2 Å². The largest absolute Gasteiger partial charge is 0.456 e. The van der Waals surface area contributed by atoms with Gasteiger partial charge in [0.1, 0.15) is 12.2 Å². The molecule has 0 aromatic heterocycles. The molecule has 0 saturated carbocycles. The summed E-state index contributed by atoms with van der Waals surface area (Å²) in [6.45, 7) is 1.98. The van der Waals surface area contributed by atoms with E-state index in [-0.39, 0.29) is 13.0 Å². The molecule has 2 aromatic carbocycles. The maximum absolute atomic E-state index is 14.1. The van der Waals surface area contributed by atoms with Gasteiger partial charge in [-0.15, -0.1) is 0 Å². The van der Waals surface area contributed by atoms with Gasteiger partial charge >= 0.3 is 5.97 Å². The van der Waals surface area contributed by atoms with E-state index in [2.05, 4.69) is 0 Å². The summed E-state index contributed by atoms with van der Waals surface area (Å²) in [5, 5.41) is 0. The quantitative estimate of drug-likeness (QED) is 0.772. The Morgan fingerprint density at radius 2 is 1.72 bits per heavy atom. The van der Waals surface area contributed by atoms with Gasteiger partial charge in [-0.3, -0.25) is 0 Å². The monoisotopic (exact) mass is 344 g/mol. The van der Waals surface area contributed by atoms with E-state index in [1.54, 1.807) is 31.2 Å². The molecular weight excluding hydrogens is 323 g/mol. The zero-order valence-electron chi connectivity index (χ0n) is 14.0. The topological polar surface area (TPSA) is 44.8 Å². The van der Waals surface area contributed by atoms with Gasteiger partial charge in [0.05, 0.1) is 18.3 Å². The van der Waals surface area contributed by atoms with Crippen LogP contribution in [0.4, 0.5) is 4.39 Å². The predicted molar refractivity (Wildman–Crippen MR) is 90.7 cm³/mol. The lowest BCUT2D eigenvalue weighted by atomic mass is 10.0. The molecule has 5 heteroatoms. The number of rotatable bonds is 5. The summed E-state index contributed by atoms with van der Waals surface area (Å²) in [5.74, 6) is -0.444. The Bertz CT molecular complexity index is 677. The first-order valence-corrected chi connectivity index (χ1v) is 8.34. The van der Waals surface area contributed by atoms with Crippen LogP contribution < -0.4 is 0 Å². The Labute approximate surface area is 146 Å². The molecule has 1 fully saturated rings. The molecule has 1 saturated heterocycles. The number of esters is 1. The summed E-state index contributed by atoms with van der Waals surface area (Å²) >= 11 is 0. The number of hydrogen-bond donors (Lipinski definition) is 0. The summed E-state index contributed by atoms with van der Waals surface area (Å²) in [4.78, 5) is 12.2. The minimum absolute atomic E-state index is 0.258. The number of halogens is 1. The third-order valence-electron chi connectivity index (χ3n) is 4.20. The Kier molecular flexibility index (Phi) is 5.79. The van der Waals surface area contributed by atoms with Crippen molar-refractivity contribution in [2.24, 2.45) is 0 Å². The van der Waals surface area contributed by atoms with E-state index < -0.39 is 30.6 Å². The number of carbonyl (C=O) groups is 1. The molecule has 0 amide bonds. The van der Waals surface area contributed by atoms with Crippen LogP contribution in [0.15, 0.2) is 60.7 Å². The summed E-state index contributed by atoms with van der Waals surface area (Å²) < 4.78 is 30.6. The van der Waals surface area contributed by atoms with E-state index >= 15 is 0 Å². The smallest absolute Gasteiger partial charge is 0.338 e. The maximum atomic E-state index is 14.1. The van der Waals surface area contributed by atoms with Crippen LogP contribution >= 0.6 is 0 Å². The Balaban J connectivity index is 1.59. The molecule has 1 heterocycles. The fraction of sp³-hybridized carbons (Fsp3) is 0.350. The fourth-order valence-electron chi connectivity index (χ4n) is 2.75. The summed E-state index contributed by atoms with van der Waals surface area (Å²) in [6, 6.07) is 18.2. The van der Waals surface area contributed by atoms with Crippen molar-refractivity contribution in [2.75, 3.05) is 0 Å². The molecule has 0 radical (unpaired) electrons. The second-order valence-electron chi connectivity index (χ2n) is 6.07. The van der Waals surface area contributed by atoms with Crippen molar-refractivity contribution in [3.8, 4) is 0 Å². The summed E-state index contributed by atoms with van der Waals surface area (Å²) in [7, 11) is 0. The van der Waals surface area contributed by atoms with Gasteiger partial charge in [-0.25, -0.2) is 9.18 Å². The van der Waals surface area contributed by atoms with E-state index in [1.165, 1.54) is 0 Å². The Hall–Kier alpha value is -2.24. The highest BCUT2D eigenvalue weighted by Gasteiger charge is 2.39. The van der Waals surface area contributed by atoms with Crippen LogP contribution in [-0.2, 0) is 20.8 Å². The van der Waals surface area contributed by atoms with Crippen LogP contribution in [0.25, 0.3) is 0 Å². The molecule has 4 nitrogen and oxygen atoms in total. The SMILES string of the molecule is C[C@@H]1OC(F)[C@@H](OCc2ccccc2)C[C@@H]1OC(=O)c1ccccc1. The molecule has 25 heavy (non-hydrogen) atoms. The van der Waals surface area contributed by atoms with Crippen molar-refractivity contribution >= 4 is 5.97 Å². The minimum atomic E-state index is -1.54. The Morgan fingerprint density at radius 1 is 1.08 bits per heavy atom. The standard InChI is InChI=1S/C20H21FO4/c1-14-17(25-20(22)16-10-6-3-7-11-16)12-18(19(21)24-14)23-13-15-8-4-2-5-9-15/h2-11,14,17-19H,12-13H2,1H3/t14-,17-,18-,19?/m0/s1. The molecule has 132 valence electrons. The van der Waals surface area contributed by atoms with Crippen LogP contribution in [0.1, 0.15) is 29.3 Å². The number of hydrogen-bond acceptors (Lipinski definition) is 4. The van der Waals surface area contributed by atoms with Gasteiger partial charge in [-0.05, 0) is 24.6 Å². The van der Waals surface area contributed by atoms with Crippen molar-refractivity contribution in [3.05, 3.63) is 71.8 Å². The zero-order valence-corrected chi connectivity index (χ0v) is 14.0. The maximum Gasteiger partial charge on any atom is 0.338 e. The van der Waals surface area contributed by atoms with E-state index in [1.807, 2.05) is 36.4 Å². The molecule has 0 N–H and O–H groups in total. The van der Waals surface area contributed by atoms with Gasteiger partial charge in [0.15, 0.2) is 0 Å². The molecular formula is C20H21FO4. The lowest BCUT2D eigenvalue weighted by molar-refractivity contribution is -0.224. The fourth-order valence-corrected chi connectivity index (χ4v) is 2.75. The molecule has 1 aliphatic rings. The molecule has 1 aliphatic heterocycles. The van der Waals surface area contributed by atoms with Crippen LogP contribution in [0, 0.1) is 0 Å². The second-order valence-corrected chi connectivity index (χ2v) is 6.07. The zero-order chi connectivity index (χ0) is 17.6. The average Bonchev–Trinajstić information content (AvgIpc) is 2.64. The second kappa shape index (κ2) is 8.23. The number of alkyl halides is 1. The van der Waals surface area contributed by atoms with Crippen LogP contribution in [0.5, 0.6) is 0 Å². The molecule has 3 rings (SSSR count). The third-order valence-corrected chi connectivity index (χ3v) is 4.20. The van der Waals surface area contributed by atoms with Crippen molar-refractivity contribution in [1.29, 1.82) is 0 Å². The van der Waals surface area contributed by atoms with Gasteiger partial charge < -0.3 is 14.2 Å². The molecule has 1 unspecified atom stereocenters. The van der Waals surface area contributed by atoms with Crippen LogP contribution in [0.2, 0.25) is 0 Å².